The van der Waals surface area contributed by atoms with Crippen molar-refractivity contribution in [3.8, 4) is 0 Å². The van der Waals surface area contributed by atoms with E-state index in [0.29, 0.717) is 6.54 Å². The third-order valence-electron chi connectivity index (χ3n) is 3.76. The monoisotopic (exact) mass is 345 g/mol. The molecule has 25 heavy (non-hydrogen) atoms. The van der Waals surface area contributed by atoms with Crippen molar-refractivity contribution in [1.29, 1.82) is 0 Å². The Bertz CT molecular complexity index is 684. The number of carbonyl (C=O) groups excluding carboxylic acids is 1. The Kier molecular flexibility index (Phi) is 6.09. The predicted molar refractivity (Wildman–Crippen MR) is 94.6 cm³/mol. The molecule has 0 aliphatic carbocycles. The zero-order chi connectivity index (χ0) is 18.4. The molecule has 0 unspecified atom stereocenters. The lowest BCUT2D eigenvalue weighted by atomic mass is 9.99. The molecule has 0 saturated carbocycles. The number of nitrogens with zero attached hydrogens (tertiary/aromatic N) is 2. The van der Waals surface area contributed by atoms with E-state index in [1.165, 1.54) is 17.0 Å². The maximum atomic E-state index is 13.3. The fourth-order valence-electron chi connectivity index (χ4n) is 2.58. The first-order valence-electron chi connectivity index (χ1n) is 8.23. The van der Waals surface area contributed by atoms with Crippen molar-refractivity contribution in [3.05, 3.63) is 65.7 Å². The Hall–Kier alpha value is -2.47. The van der Waals surface area contributed by atoms with Crippen LogP contribution in [0.4, 0.5) is 9.18 Å². The number of nitrogens with one attached hydrogen (secondary N) is 1. The lowest BCUT2D eigenvalue weighted by Crippen LogP contribution is -2.47. The van der Waals surface area contributed by atoms with Gasteiger partial charge in [-0.2, -0.15) is 0 Å². The number of benzene rings is 1. The van der Waals surface area contributed by atoms with Crippen LogP contribution in [0.15, 0.2) is 48.8 Å². The molecule has 0 bridgehead atoms. The van der Waals surface area contributed by atoms with Crippen LogP contribution in [0.1, 0.15) is 37.9 Å². The van der Waals surface area contributed by atoms with Crippen LogP contribution in [0.5, 0.6) is 0 Å². The number of hydrogen-bond acceptors (Lipinski definition) is 3. The first-order chi connectivity index (χ1) is 11.8. The van der Waals surface area contributed by atoms with Crippen molar-refractivity contribution in [2.45, 2.75) is 32.4 Å². The molecule has 2 rings (SSSR count). The van der Waals surface area contributed by atoms with E-state index < -0.39 is 11.6 Å². The molecule has 1 aromatic carbocycles. The topological polar surface area (TPSA) is 65.5 Å². The van der Waals surface area contributed by atoms with Crippen molar-refractivity contribution in [1.82, 2.24) is 15.2 Å². The maximum Gasteiger partial charge on any atom is 0.318 e. The highest BCUT2D eigenvalue weighted by atomic mass is 19.1. The molecule has 0 aliphatic heterocycles. The zero-order valence-electron chi connectivity index (χ0n) is 14.7. The van der Waals surface area contributed by atoms with Crippen molar-refractivity contribution in [3.63, 3.8) is 0 Å². The summed E-state index contributed by atoms with van der Waals surface area (Å²) in [4.78, 5) is 18.2. The van der Waals surface area contributed by atoms with Gasteiger partial charge in [0.1, 0.15) is 5.82 Å². The summed E-state index contributed by atoms with van der Waals surface area (Å²) in [5.74, 6) is -0.333. The third kappa shape index (κ3) is 5.53. The molecule has 2 aromatic rings. The lowest BCUT2D eigenvalue weighted by molar-refractivity contribution is 0.0477. The molecule has 0 saturated heterocycles. The van der Waals surface area contributed by atoms with Crippen molar-refractivity contribution in [2.75, 3.05) is 13.1 Å². The van der Waals surface area contributed by atoms with Gasteiger partial charge in [0.05, 0.1) is 18.2 Å². The predicted octanol–water partition coefficient (Wildman–Crippen LogP) is 3.11. The second kappa shape index (κ2) is 8.07. The summed E-state index contributed by atoms with van der Waals surface area (Å²) in [6.07, 6.45) is 3.29. The molecule has 2 amide bonds. The molecule has 0 aliphatic rings. The number of likely N-dealkylation sites (N-methyl/N-ethyl adjacent to an activating group) is 1. The molecule has 134 valence electrons. The van der Waals surface area contributed by atoms with E-state index in [4.69, 9.17) is 0 Å². The number of halogens is 1. The van der Waals surface area contributed by atoms with E-state index in [9.17, 15) is 14.3 Å². The van der Waals surface area contributed by atoms with Gasteiger partial charge >= 0.3 is 6.03 Å². The second-order valence-corrected chi connectivity index (χ2v) is 6.54. The van der Waals surface area contributed by atoms with Crippen LogP contribution >= 0.6 is 0 Å². The van der Waals surface area contributed by atoms with Gasteiger partial charge in [-0.15, -0.1) is 0 Å². The molecule has 5 nitrogen and oxygen atoms in total. The van der Waals surface area contributed by atoms with Gasteiger partial charge in [-0.05, 0) is 56.2 Å². The zero-order valence-corrected chi connectivity index (χ0v) is 14.7. The van der Waals surface area contributed by atoms with E-state index in [-0.39, 0.29) is 18.4 Å². The first-order valence-corrected chi connectivity index (χ1v) is 8.23. The van der Waals surface area contributed by atoms with E-state index in [1.807, 2.05) is 6.92 Å². The molecule has 2 N–H and O–H groups in total. The number of hydrogen-bond donors (Lipinski definition) is 2. The average molecular weight is 345 g/mol. The molecule has 6 heteroatoms. The summed E-state index contributed by atoms with van der Waals surface area (Å²) in [6, 6.07) is 8.90. The van der Waals surface area contributed by atoms with Gasteiger partial charge in [0.25, 0.3) is 0 Å². The Labute approximate surface area is 147 Å². The van der Waals surface area contributed by atoms with Crippen molar-refractivity contribution in [2.24, 2.45) is 0 Å². The summed E-state index contributed by atoms with van der Waals surface area (Å²) >= 11 is 0. The minimum Gasteiger partial charge on any atom is -0.389 e. The number of aliphatic hydroxyl groups is 1. The van der Waals surface area contributed by atoms with Crippen LogP contribution < -0.4 is 5.32 Å². The van der Waals surface area contributed by atoms with Gasteiger partial charge in [-0.1, -0.05) is 12.1 Å². The van der Waals surface area contributed by atoms with Crippen LogP contribution in [0, 0.1) is 5.82 Å². The number of rotatable bonds is 6. The van der Waals surface area contributed by atoms with Crippen molar-refractivity contribution >= 4 is 6.03 Å². The molecule has 1 heterocycles. The highest BCUT2D eigenvalue weighted by molar-refractivity contribution is 5.75. The Morgan fingerprint density at radius 1 is 1.20 bits per heavy atom. The standard InChI is InChI=1S/C19H24FN3O2/c1-4-23(13-19(2,3)25)18(24)22-17(15-9-11-21-12-10-15)14-5-7-16(20)8-6-14/h5-12,17,25H,4,13H2,1-3H3,(H,22,24)/t17-/m0/s1. The number of pyridine rings is 1. The normalized spacial score (nSPS) is 12.5. The van der Waals surface area contributed by atoms with Crippen LogP contribution in [0.2, 0.25) is 0 Å². The molecular formula is C19H24FN3O2. The highest BCUT2D eigenvalue weighted by Gasteiger charge is 2.24. The van der Waals surface area contributed by atoms with E-state index in [0.717, 1.165) is 11.1 Å². The minimum absolute atomic E-state index is 0.210. The van der Waals surface area contributed by atoms with E-state index >= 15 is 0 Å². The Morgan fingerprint density at radius 2 is 1.76 bits per heavy atom. The van der Waals surface area contributed by atoms with Gasteiger partial charge < -0.3 is 15.3 Å². The summed E-state index contributed by atoms with van der Waals surface area (Å²) < 4.78 is 13.3. The van der Waals surface area contributed by atoms with Crippen LogP contribution in [-0.4, -0.2) is 39.7 Å². The van der Waals surface area contributed by atoms with Crippen molar-refractivity contribution < 1.29 is 14.3 Å². The number of aromatic nitrogens is 1. The average Bonchev–Trinajstić information content (AvgIpc) is 2.58. The molecule has 0 fully saturated rings. The number of amides is 2. The molecule has 1 atom stereocenters. The maximum absolute atomic E-state index is 13.3. The lowest BCUT2D eigenvalue weighted by Gasteiger charge is -2.30. The summed E-state index contributed by atoms with van der Waals surface area (Å²) in [6.45, 7) is 5.83. The third-order valence-corrected chi connectivity index (χ3v) is 3.76. The summed E-state index contributed by atoms with van der Waals surface area (Å²) in [7, 11) is 0. The van der Waals surface area contributed by atoms with Crippen LogP contribution in [-0.2, 0) is 0 Å². The molecule has 0 radical (unpaired) electrons. The number of carbonyl (C=O) groups is 1. The molecule has 1 aromatic heterocycles. The molecular weight excluding hydrogens is 321 g/mol. The van der Waals surface area contributed by atoms with Gasteiger partial charge in [0, 0.05) is 18.9 Å². The summed E-state index contributed by atoms with van der Waals surface area (Å²) in [5.41, 5.74) is 0.615. The van der Waals surface area contributed by atoms with Crippen LogP contribution in [0.25, 0.3) is 0 Å². The minimum atomic E-state index is -0.991. The SMILES string of the molecule is CCN(CC(C)(C)O)C(=O)N[C@H](c1ccncc1)c1ccc(F)cc1. The Morgan fingerprint density at radius 3 is 2.28 bits per heavy atom. The second-order valence-electron chi connectivity index (χ2n) is 6.54. The van der Waals surface area contributed by atoms with E-state index in [1.54, 1.807) is 50.5 Å². The quantitative estimate of drug-likeness (QED) is 0.845. The highest BCUT2D eigenvalue weighted by Crippen LogP contribution is 2.22. The Balaban J connectivity index is 2.27. The van der Waals surface area contributed by atoms with Gasteiger partial charge in [-0.25, -0.2) is 9.18 Å². The summed E-state index contributed by atoms with van der Waals surface area (Å²) in [5, 5.41) is 13.0. The van der Waals surface area contributed by atoms with Gasteiger partial charge in [0.15, 0.2) is 0 Å². The molecule has 0 spiro atoms. The smallest absolute Gasteiger partial charge is 0.318 e. The van der Waals surface area contributed by atoms with Gasteiger partial charge in [0.2, 0.25) is 0 Å². The largest absolute Gasteiger partial charge is 0.389 e. The number of urea groups is 1. The fourth-order valence-corrected chi connectivity index (χ4v) is 2.58. The fraction of sp³-hybridized carbons (Fsp3) is 0.368. The first kappa shape index (κ1) is 18.9. The van der Waals surface area contributed by atoms with Crippen LogP contribution in [0.3, 0.4) is 0 Å². The van der Waals surface area contributed by atoms with Gasteiger partial charge in [-0.3, -0.25) is 4.98 Å². The van der Waals surface area contributed by atoms with E-state index in [2.05, 4.69) is 10.3 Å².